The largest absolute Gasteiger partial charge is 0.350 e. The van der Waals surface area contributed by atoms with Gasteiger partial charge in [0.2, 0.25) is 0 Å². The molecule has 1 aromatic rings. The lowest BCUT2D eigenvalue weighted by molar-refractivity contribution is 0.249. The molecule has 0 saturated heterocycles. The van der Waals surface area contributed by atoms with Crippen molar-refractivity contribution in [1.82, 2.24) is 5.43 Å². The van der Waals surface area contributed by atoms with Gasteiger partial charge in [-0.15, -0.1) is 0 Å². The smallest absolute Gasteiger partial charge is 0.332 e. The Kier molecular flexibility index (Phi) is 4.79. The lowest BCUT2D eigenvalue weighted by Gasteiger charge is -2.02. The normalized spacial score (nSPS) is 11.2. The Balaban J connectivity index is 2.45. The van der Waals surface area contributed by atoms with Gasteiger partial charge >= 0.3 is 6.03 Å². The Morgan fingerprint density at radius 3 is 2.94 bits per heavy atom. The summed E-state index contributed by atoms with van der Waals surface area (Å²) in [7, 11) is 0. The molecule has 0 bridgehead atoms. The Morgan fingerprint density at radius 1 is 1.56 bits per heavy atom. The molecule has 0 radical (unpaired) electrons. The van der Waals surface area contributed by atoms with Crippen LogP contribution in [0.1, 0.15) is 18.9 Å². The lowest BCUT2D eigenvalue weighted by atomic mass is 10.1. The summed E-state index contributed by atoms with van der Waals surface area (Å²) in [5.41, 5.74) is 9.05. The molecule has 16 heavy (non-hydrogen) atoms. The van der Waals surface area contributed by atoms with Crippen molar-refractivity contribution in [2.75, 3.05) is 0 Å². The summed E-state index contributed by atoms with van der Waals surface area (Å²) in [6.07, 6.45) is 1.58. The summed E-state index contributed by atoms with van der Waals surface area (Å²) < 4.78 is 0. The minimum absolute atomic E-state index is 0.651. The number of carbonyl (C=O) groups is 1. The Labute approximate surface area is 99.5 Å². The molecule has 0 aromatic heterocycles. The summed E-state index contributed by atoms with van der Waals surface area (Å²) >= 11 is 5.86. The number of benzene rings is 1. The molecule has 5 heteroatoms. The molecular weight excluding hydrogens is 226 g/mol. The number of halogens is 1. The van der Waals surface area contributed by atoms with E-state index in [1.54, 1.807) is 0 Å². The molecular formula is C11H14ClN3O. The molecule has 1 rings (SSSR count). The second-order valence-corrected chi connectivity index (χ2v) is 3.89. The summed E-state index contributed by atoms with van der Waals surface area (Å²) in [5.74, 6) is 0. The van der Waals surface area contributed by atoms with Crippen molar-refractivity contribution in [1.29, 1.82) is 0 Å². The van der Waals surface area contributed by atoms with Gasteiger partial charge < -0.3 is 5.73 Å². The van der Waals surface area contributed by atoms with Crippen LogP contribution in [0.15, 0.2) is 29.4 Å². The molecule has 0 fully saturated rings. The van der Waals surface area contributed by atoms with E-state index in [1.165, 1.54) is 0 Å². The van der Waals surface area contributed by atoms with E-state index in [1.807, 2.05) is 31.2 Å². The van der Waals surface area contributed by atoms with Crippen molar-refractivity contribution in [2.24, 2.45) is 10.8 Å². The molecule has 3 N–H and O–H groups in total. The van der Waals surface area contributed by atoms with Crippen LogP contribution < -0.4 is 11.2 Å². The van der Waals surface area contributed by atoms with Gasteiger partial charge in [-0.3, -0.25) is 0 Å². The average molecular weight is 240 g/mol. The van der Waals surface area contributed by atoms with Crippen molar-refractivity contribution >= 4 is 23.3 Å². The van der Waals surface area contributed by atoms with Crippen molar-refractivity contribution in [2.45, 2.75) is 19.8 Å². The highest BCUT2D eigenvalue weighted by Crippen LogP contribution is 2.12. The molecule has 0 aliphatic rings. The summed E-state index contributed by atoms with van der Waals surface area (Å²) in [6.45, 7) is 1.83. The molecule has 0 unspecified atom stereocenters. The van der Waals surface area contributed by atoms with E-state index >= 15 is 0 Å². The predicted octanol–water partition coefficient (Wildman–Crippen LogP) is 2.32. The van der Waals surface area contributed by atoms with Gasteiger partial charge in [0.05, 0.1) is 0 Å². The number of amides is 2. The van der Waals surface area contributed by atoms with Crippen LogP contribution in [0.5, 0.6) is 0 Å². The van der Waals surface area contributed by atoms with E-state index in [0.29, 0.717) is 0 Å². The molecule has 0 spiro atoms. The third-order valence-corrected chi connectivity index (χ3v) is 2.26. The van der Waals surface area contributed by atoms with Gasteiger partial charge in [0.15, 0.2) is 0 Å². The zero-order valence-corrected chi connectivity index (χ0v) is 9.79. The van der Waals surface area contributed by atoms with E-state index in [-0.39, 0.29) is 0 Å². The molecule has 0 aliphatic heterocycles. The first-order valence-electron chi connectivity index (χ1n) is 4.91. The number of nitrogens with zero attached hydrogens (tertiary/aromatic N) is 1. The van der Waals surface area contributed by atoms with Crippen molar-refractivity contribution in [3.05, 3.63) is 34.9 Å². The van der Waals surface area contributed by atoms with Gasteiger partial charge in [0.25, 0.3) is 0 Å². The first-order chi connectivity index (χ1) is 7.58. The van der Waals surface area contributed by atoms with E-state index < -0.39 is 6.03 Å². The van der Waals surface area contributed by atoms with Gasteiger partial charge in [0.1, 0.15) is 0 Å². The maximum Gasteiger partial charge on any atom is 0.332 e. The Morgan fingerprint density at radius 2 is 2.31 bits per heavy atom. The van der Waals surface area contributed by atoms with Gasteiger partial charge in [0, 0.05) is 10.7 Å². The minimum atomic E-state index is -0.651. The number of carbonyl (C=O) groups excluding carboxylic acids is 1. The summed E-state index contributed by atoms with van der Waals surface area (Å²) in [4.78, 5) is 10.4. The number of nitrogens with one attached hydrogen (secondary N) is 1. The van der Waals surface area contributed by atoms with Gasteiger partial charge in [-0.05, 0) is 37.5 Å². The predicted molar refractivity (Wildman–Crippen MR) is 65.6 cm³/mol. The highest BCUT2D eigenvalue weighted by molar-refractivity contribution is 6.30. The van der Waals surface area contributed by atoms with Crippen LogP contribution in [0.4, 0.5) is 4.79 Å². The number of hydrazone groups is 1. The SMILES string of the molecule is C/C(CCc1cccc(Cl)c1)=N/NC(N)=O. The van der Waals surface area contributed by atoms with Crippen LogP contribution in [-0.4, -0.2) is 11.7 Å². The van der Waals surface area contributed by atoms with Gasteiger partial charge in [-0.1, -0.05) is 23.7 Å². The van der Waals surface area contributed by atoms with Crippen LogP contribution in [0, 0.1) is 0 Å². The monoisotopic (exact) mass is 239 g/mol. The summed E-state index contributed by atoms with van der Waals surface area (Å²) in [5, 5.41) is 4.54. The highest BCUT2D eigenvalue weighted by Gasteiger charge is 1.97. The average Bonchev–Trinajstić information content (AvgIpc) is 2.23. The van der Waals surface area contributed by atoms with Crippen LogP contribution in [-0.2, 0) is 6.42 Å². The van der Waals surface area contributed by atoms with E-state index in [4.69, 9.17) is 17.3 Å². The van der Waals surface area contributed by atoms with Gasteiger partial charge in [-0.25, -0.2) is 10.2 Å². The number of urea groups is 1. The molecule has 4 nitrogen and oxygen atoms in total. The Bertz CT molecular complexity index is 404. The molecule has 86 valence electrons. The van der Waals surface area contributed by atoms with Crippen LogP contribution in [0.2, 0.25) is 5.02 Å². The van der Waals surface area contributed by atoms with E-state index in [0.717, 1.165) is 29.1 Å². The molecule has 0 aliphatic carbocycles. The fourth-order valence-corrected chi connectivity index (χ4v) is 1.44. The fraction of sp³-hybridized carbons (Fsp3) is 0.273. The summed E-state index contributed by atoms with van der Waals surface area (Å²) in [6, 6.07) is 7.01. The highest BCUT2D eigenvalue weighted by atomic mass is 35.5. The second-order valence-electron chi connectivity index (χ2n) is 3.45. The first-order valence-corrected chi connectivity index (χ1v) is 5.29. The minimum Gasteiger partial charge on any atom is -0.350 e. The maximum atomic E-state index is 10.4. The lowest BCUT2D eigenvalue weighted by Crippen LogP contribution is -2.25. The van der Waals surface area contributed by atoms with Crippen molar-refractivity contribution in [3.63, 3.8) is 0 Å². The topological polar surface area (TPSA) is 67.5 Å². The number of rotatable bonds is 4. The third kappa shape index (κ3) is 4.79. The van der Waals surface area contributed by atoms with E-state index in [2.05, 4.69) is 10.5 Å². The molecule has 2 amide bonds. The number of hydrogen-bond acceptors (Lipinski definition) is 2. The van der Waals surface area contributed by atoms with Gasteiger partial charge in [-0.2, -0.15) is 5.10 Å². The van der Waals surface area contributed by atoms with Crippen LogP contribution in [0.25, 0.3) is 0 Å². The van der Waals surface area contributed by atoms with E-state index in [9.17, 15) is 4.79 Å². The Hall–Kier alpha value is -1.55. The maximum absolute atomic E-state index is 10.4. The molecule has 1 aromatic carbocycles. The molecule has 0 atom stereocenters. The van der Waals surface area contributed by atoms with Crippen LogP contribution >= 0.6 is 11.6 Å². The molecule has 0 heterocycles. The van der Waals surface area contributed by atoms with Crippen LogP contribution in [0.3, 0.4) is 0 Å². The first kappa shape index (κ1) is 12.5. The molecule has 0 saturated carbocycles. The fourth-order valence-electron chi connectivity index (χ4n) is 1.22. The number of aryl methyl sites for hydroxylation is 1. The standard InChI is InChI=1S/C11H14ClN3O/c1-8(14-15-11(13)16)5-6-9-3-2-4-10(12)7-9/h2-4,7H,5-6H2,1H3,(H3,13,15,16)/b14-8-. The second kappa shape index (κ2) is 6.12. The zero-order chi connectivity index (χ0) is 12.0. The zero-order valence-electron chi connectivity index (χ0n) is 9.03. The van der Waals surface area contributed by atoms with Crippen molar-refractivity contribution in [3.8, 4) is 0 Å². The number of hydrogen-bond donors (Lipinski definition) is 2. The number of nitrogens with two attached hydrogens (primary N) is 1. The third-order valence-electron chi connectivity index (χ3n) is 2.02. The quantitative estimate of drug-likeness (QED) is 0.615. The number of primary amides is 1. The van der Waals surface area contributed by atoms with Crippen molar-refractivity contribution < 1.29 is 4.79 Å².